The van der Waals surface area contributed by atoms with E-state index in [-0.39, 0.29) is 23.7 Å². The lowest BCUT2D eigenvalue weighted by Gasteiger charge is -2.21. The molecule has 0 amide bonds. The van der Waals surface area contributed by atoms with Gasteiger partial charge in [-0.3, -0.25) is 9.97 Å². The number of para-hydroxylation sites is 4. The summed E-state index contributed by atoms with van der Waals surface area (Å²) in [5.41, 5.74) is 10.5. The number of fused-ring (bicyclic) bond motifs is 6. The highest BCUT2D eigenvalue weighted by atomic mass is 15.0. The molecule has 0 saturated heterocycles. The van der Waals surface area contributed by atoms with Crippen LogP contribution in [0.1, 0.15) is 168 Å². The molecule has 0 spiro atoms. The first-order valence-corrected chi connectivity index (χ1v) is 24.4. The fraction of sp³-hybridized carbons (Fsp3) is 0.387. The zero-order valence-corrected chi connectivity index (χ0v) is 44.2. The molecule has 4 heterocycles. The van der Waals surface area contributed by atoms with E-state index in [0.29, 0.717) is 5.92 Å². The summed E-state index contributed by atoms with van der Waals surface area (Å²) in [5.74, 6) is 0.442. The number of pyridine rings is 1. The molecule has 0 radical (unpaired) electrons. The summed E-state index contributed by atoms with van der Waals surface area (Å²) in [4.78, 5) is 18.3. The Hall–Kier alpha value is -5.94. The number of rotatable bonds is 1. The van der Waals surface area contributed by atoms with Gasteiger partial charge in [0.25, 0.3) is 0 Å². The quantitative estimate of drug-likeness (QED) is 0.165. The fourth-order valence-corrected chi connectivity index (χ4v) is 6.91. The molecule has 9 aromatic rings. The molecule has 0 atom stereocenters. The van der Waals surface area contributed by atoms with Crippen LogP contribution in [0.25, 0.3) is 49.3 Å². The van der Waals surface area contributed by atoms with Gasteiger partial charge in [0.1, 0.15) is 5.65 Å². The second-order valence-corrected chi connectivity index (χ2v) is 18.3. The minimum atomic E-state index is 0. The summed E-state index contributed by atoms with van der Waals surface area (Å²) in [6.07, 6.45) is 3.92. The third kappa shape index (κ3) is 16.7. The number of aromatic nitrogens is 5. The van der Waals surface area contributed by atoms with Crippen molar-refractivity contribution >= 4 is 49.3 Å². The van der Waals surface area contributed by atoms with Crippen molar-refractivity contribution in [3.8, 4) is 0 Å². The van der Waals surface area contributed by atoms with Crippen LogP contribution < -0.4 is 0 Å². The summed E-state index contributed by atoms with van der Waals surface area (Å²) in [7, 11) is 0. The molecule has 0 aliphatic carbocycles. The van der Waals surface area contributed by atoms with E-state index >= 15 is 0 Å². The lowest BCUT2D eigenvalue weighted by Crippen LogP contribution is -2.15. The molecule has 0 N–H and O–H groups in total. The van der Waals surface area contributed by atoms with Crippen LogP contribution in [0.3, 0.4) is 0 Å². The second-order valence-electron chi connectivity index (χ2n) is 18.3. The normalized spacial score (nSPS) is 10.6. The molecule has 360 valence electrons. The van der Waals surface area contributed by atoms with Gasteiger partial charge in [-0.15, -0.1) is 0 Å². The Morgan fingerprint density at radius 2 is 0.955 bits per heavy atom. The van der Waals surface area contributed by atoms with Crippen LogP contribution in [0.4, 0.5) is 0 Å². The summed E-state index contributed by atoms with van der Waals surface area (Å²) in [6, 6.07) is 48.1. The first-order chi connectivity index (χ1) is 31.5. The largest absolute Gasteiger partial charge is 0.301 e. The summed E-state index contributed by atoms with van der Waals surface area (Å²) >= 11 is 0. The zero-order valence-electron chi connectivity index (χ0n) is 44.2. The van der Waals surface area contributed by atoms with Crippen molar-refractivity contribution < 1.29 is 0 Å². The first-order valence-electron chi connectivity index (χ1n) is 24.4. The first kappa shape index (κ1) is 59.1. The Labute approximate surface area is 407 Å². The van der Waals surface area contributed by atoms with Crippen LogP contribution in [0, 0.1) is 0 Å². The number of hydrogen-bond donors (Lipinski definition) is 0. The molecule has 0 bridgehead atoms. The molecular formula is C62H87N5. The average Bonchev–Trinajstić information content (AvgIpc) is 3.83. The Morgan fingerprint density at radius 3 is 1.54 bits per heavy atom. The lowest BCUT2D eigenvalue weighted by atomic mass is 9.84. The Kier molecular flexibility index (Phi) is 24.9. The maximum absolute atomic E-state index is 4.80. The standard InChI is InChI=1S/C15H16N2.C14H16.C13H15N.C11H12N2.4C2H6.CH4/c1-15(2,3)14-11-7-4-5-8-12(11)17-10-6-9-13(17)16-14;1-14(2,3)13-10-6-8-11-7-4-5-9-12(11)13;1-13(2,3)12-9-8-10-6-4-5-7-11(10)14-12;1-8(2)11-7-12-9-5-3-4-6-10(9)13-11;4*1-2;/h4-10H,1-3H3;4-10H,1-3H3;4-9H,1-3H3;3-8H,1-2H3;4*1-2H3;1H4. The molecule has 5 aromatic carbocycles. The van der Waals surface area contributed by atoms with E-state index in [1.807, 2.05) is 104 Å². The van der Waals surface area contributed by atoms with Crippen LogP contribution in [0.5, 0.6) is 0 Å². The predicted molar refractivity (Wildman–Crippen MR) is 300 cm³/mol. The zero-order chi connectivity index (χ0) is 49.7. The third-order valence-corrected chi connectivity index (χ3v) is 10.1. The molecule has 5 nitrogen and oxygen atoms in total. The van der Waals surface area contributed by atoms with E-state index < -0.39 is 0 Å². The molecule has 0 saturated carbocycles. The van der Waals surface area contributed by atoms with E-state index in [1.54, 1.807) is 0 Å². The van der Waals surface area contributed by atoms with Gasteiger partial charge in [-0.2, -0.15) is 0 Å². The van der Waals surface area contributed by atoms with E-state index in [0.717, 1.165) is 33.6 Å². The van der Waals surface area contributed by atoms with Gasteiger partial charge in [0, 0.05) is 39.7 Å². The summed E-state index contributed by atoms with van der Waals surface area (Å²) in [6.45, 7) is 40.2. The van der Waals surface area contributed by atoms with Crippen LogP contribution >= 0.6 is 0 Å². The van der Waals surface area contributed by atoms with Crippen molar-refractivity contribution in [1.29, 1.82) is 0 Å². The van der Waals surface area contributed by atoms with E-state index in [2.05, 4.69) is 199 Å². The van der Waals surface area contributed by atoms with E-state index in [1.165, 1.54) is 38.3 Å². The highest BCUT2D eigenvalue weighted by molar-refractivity contribution is 5.87. The molecule has 0 aliphatic heterocycles. The van der Waals surface area contributed by atoms with Crippen molar-refractivity contribution in [2.75, 3.05) is 0 Å². The predicted octanol–water partition coefficient (Wildman–Crippen LogP) is 18.9. The minimum Gasteiger partial charge on any atom is -0.301 e. The SMILES string of the molecule is C.CC.CC.CC.CC.CC(C)(C)c1ccc2ccccc2n1.CC(C)(C)c1cccc2ccccc12.CC(C)(C)c1nc2cccn2c2ccccc12.CC(C)c1cnc2ccccc2n1. The van der Waals surface area contributed by atoms with Crippen molar-refractivity contribution in [3.05, 3.63) is 175 Å². The number of benzene rings is 5. The number of hydrogen-bond acceptors (Lipinski definition) is 4. The Bertz CT molecular complexity index is 2760. The molecule has 4 aromatic heterocycles. The van der Waals surface area contributed by atoms with Crippen molar-refractivity contribution in [1.82, 2.24) is 24.3 Å². The third-order valence-electron chi connectivity index (χ3n) is 10.1. The second kappa shape index (κ2) is 28.3. The highest BCUT2D eigenvalue weighted by Gasteiger charge is 2.20. The Balaban J connectivity index is 0.000000424. The monoisotopic (exact) mass is 902 g/mol. The van der Waals surface area contributed by atoms with Gasteiger partial charge < -0.3 is 4.40 Å². The van der Waals surface area contributed by atoms with Gasteiger partial charge in [0.2, 0.25) is 0 Å². The van der Waals surface area contributed by atoms with Crippen molar-refractivity contribution in [2.45, 2.75) is 161 Å². The van der Waals surface area contributed by atoms with Gasteiger partial charge in [-0.1, -0.05) is 236 Å². The van der Waals surface area contributed by atoms with Gasteiger partial charge >= 0.3 is 0 Å². The maximum Gasteiger partial charge on any atom is 0.137 e. The van der Waals surface area contributed by atoms with Crippen LogP contribution in [0.2, 0.25) is 0 Å². The smallest absolute Gasteiger partial charge is 0.137 e. The topological polar surface area (TPSA) is 56.0 Å². The molecule has 0 aliphatic rings. The maximum atomic E-state index is 4.80. The summed E-state index contributed by atoms with van der Waals surface area (Å²) in [5, 5.41) is 5.16. The molecule has 5 heteroatoms. The Morgan fingerprint density at radius 1 is 0.433 bits per heavy atom. The van der Waals surface area contributed by atoms with Gasteiger partial charge in [-0.05, 0) is 70.1 Å². The molecule has 67 heavy (non-hydrogen) atoms. The molecule has 0 unspecified atom stereocenters. The fourth-order valence-electron chi connectivity index (χ4n) is 6.91. The van der Waals surface area contributed by atoms with Crippen molar-refractivity contribution in [2.24, 2.45) is 0 Å². The lowest BCUT2D eigenvalue weighted by molar-refractivity contribution is 0.571. The summed E-state index contributed by atoms with van der Waals surface area (Å²) < 4.78 is 2.14. The van der Waals surface area contributed by atoms with Crippen LogP contribution in [-0.4, -0.2) is 24.3 Å². The highest BCUT2D eigenvalue weighted by Crippen LogP contribution is 2.31. The van der Waals surface area contributed by atoms with Crippen LogP contribution in [-0.2, 0) is 16.2 Å². The molecule has 9 rings (SSSR count). The van der Waals surface area contributed by atoms with Gasteiger partial charge in [0.05, 0.1) is 33.5 Å². The molecular weight excluding hydrogens is 815 g/mol. The van der Waals surface area contributed by atoms with Crippen molar-refractivity contribution in [3.63, 3.8) is 0 Å². The van der Waals surface area contributed by atoms with E-state index in [4.69, 9.17) is 4.98 Å². The number of nitrogens with zero attached hydrogens (tertiary/aromatic N) is 5. The average molecular weight is 902 g/mol. The van der Waals surface area contributed by atoms with E-state index in [9.17, 15) is 0 Å². The minimum absolute atomic E-state index is 0. The van der Waals surface area contributed by atoms with Crippen LogP contribution in [0.15, 0.2) is 152 Å². The van der Waals surface area contributed by atoms with Gasteiger partial charge in [-0.25, -0.2) is 9.97 Å². The van der Waals surface area contributed by atoms with Gasteiger partial charge in [0.15, 0.2) is 0 Å². The molecule has 0 fully saturated rings.